The fraction of sp³-hybridized carbons (Fsp3) is 0.533. The van der Waals surface area contributed by atoms with Crippen molar-refractivity contribution in [2.75, 3.05) is 19.9 Å². The Morgan fingerprint density at radius 1 is 1.45 bits per heavy atom. The van der Waals surface area contributed by atoms with Gasteiger partial charge in [0.1, 0.15) is 11.3 Å². The zero-order valence-corrected chi connectivity index (χ0v) is 13.8. The Kier molecular flexibility index (Phi) is 5.28. The van der Waals surface area contributed by atoms with Crippen LogP contribution in [0.5, 0.6) is 5.75 Å². The van der Waals surface area contributed by atoms with Gasteiger partial charge in [0, 0.05) is 12.6 Å². The number of nitro benzene ring substituents is 1. The number of amides is 1. The molecule has 0 aliphatic carbocycles. The summed E-state index contributed by atoms with van der Waals surface area (Å²) in [6, 6.07) is 3.03. The Morgan fingerprint density at radius 3 is 2.73 bits per heavy atom. The van der Waals surface area contributed by atoms with Crippen molar-refractivity contribution in [1.29, 1.82) is 0 Å². The highest BCUT2D eigenvalue weighted by Crippen LogP contribution is 2.35. The molecule has 0 radical (unpaired) electrons. The van der Waals surface area contributed by atoms with Crippen molar-refractivity contribution in [3.63, 3.8) is 0 Å². The van der Waals surface area contributed by atoms with E-state index in [2.05, 4.69) is 0 Å². The summed E-state index contributed by atoms with van der Waals surface area (Å²) in [7, 11) is 1.47. The molecule has 1 atom stereocenters. The number of hydrogen-bond acceptors (Lipinski definition) is 5. The lowest BCUT2D eigenvalue weighted by atomic mass is 10.0. The van der Waals surface area contributed by atoms with Crippen molar-refractivity contribution < 1.29 is 14.5 Å². The lowest BCUT2D eigenvalue weighted by Gasteiger charge is -2.33. The molecule has 1 heterocycles. The van der Waals surface area contributed by atoms with E-state index in [4.69, 9.17) is 4.74 Å². The monoisotopic (exact) mass is 324 g/mol. The number of nitrogens with zero attached hydrogens (tertiary/aromatic N) is 2. The zero-order chi connectivity index (χ0) is 16.3. The van der Waals surface area contributed by atoms with Crippen LogP contribution in [-0.4, -0.2) is 41.7 Å². The van der Waals surface area contributed by atoms with Crippen LogP contribution in [0.4, 0.5) is 5.69 Å². The predicted molar refractivity (Wildman–Crippen MR) is 85.8 cm³/mol. The van der Waals surface area contributed by atoms with Gasteiger partial charge in [-0.25, -0.2) is 0 Å². The Morgan fingerprint density at radius 2 is 2.18 bits per heavy atom. The predicted octanol–water partition coefficient (Wildman–Crippen LogP) is 3.34. The number of thioether (sulfide) groups is 1. The van der Waals surface area contributed by atoms with E-state index in [9.17, 15) is 14.9 Å². The third-order valence-electron chi connectivity index (χ3n) is 3.99. The van der Waals surface area contributed by atoms with E-state index < -0.39 is 4.92 Å². The van der Waals surface area contributed by atoms with E-state index in [1.54, 1.807) is 11.0 Å². The Labute approximate surface area is 134 Å². The number of likely N-dealkylation sites (tertiary alicyclic amines) is 1. The second-order valence-electron chi connectivity index (χ2n) is 5.32. The quantitative estimate of drug-likeness (QED) is 0.482. The van der Waals surface area contributed by atoms with Crippen LogP contribution in [0.1, 0.15) is 36.5 Å². The minimum Gasteiger partial charge on any atom is -0.495 e. The Balaban J connectivity index is 2.47. The van der Waals surface area contributed by atoms with Crippen LogP contribution < -0.4 is 4.74 Å². The van der Waals surface area contributed by atoms with Crippen LogP contribution in [0, 0.1) is 10.1 Å². The molecule has 1 aromatic carbocycles. The molecule has 0 saturated carbocycles. The maximum absolute atomic E-state index is 12.8. The molecular weight excluding hydrogens is 304 g/mol. The summed E-state index contributed by atoms with van der Waals surface area (Å²) < 4.78 is 5.18. The van der Waals surface area contributed by atoms with E-state index in [0.717, 1.165) is 24.2 Å². The third-order valence-corrected chi connectivity index (χ3v) is 4.75. The zero-order valence-electron chi connectivity index (χ0n) is 13.0. The SMILES string of the molecule is COc1cc([N+](=O)[O-])c(C(=O)N2CCCC[C@@H]2C)cc1SC. The molecule has 0 spiro atoms. The second kappa shape index (κ2) is 7.00. The highest BCUT2D eigenvalue weighted by atomic mass is 32.2. The van der Waals surface area contributed by atoms with Gasteiger partial charge in [-0.2, -0.15) is 0 Å². The van der Waals surface area contributed by atoms with Gasteiger partial charge in [-0.05, 0) is 38.5 Å². The second-order valence-corrected chi connectivity index (χ2v) is 6.17. The first-order chi connectivity index (χ1) is 10.5. The van der Waals surface area contributed by atoms with Crippen LogP contribution >= 0.6 is 11.8 Å². The van der Waals surface area contributed by atoms with Gasteiger partial charge in [-0.15, -0.1) is 11.8 Å². The van der Waals surface area contributed by atoms with Gasteiger partial charge in [0.25, 0.3) is 11.6 Å². The molecular formula is C15H20N2O4S. The summed E-state index contributed by atoms with van der Waals surface area (Å²) in [4.78, 5) is 26.0. The van der Waals surface area contributed by atoms with Crippen LogP contribution in [0.2, 0.25) is 0 Å². The standard InChI is InChI=1S/C15H20N2O4S/c1-10-6-4-5-7-16(10)15(18)11-8-14(22-3)13(21-2)9-12(11)17(19)20/h8-10H,4-7H2,1-3H3/t10-/m0/s1. The highest BCUT2D eigenvalue weighted by molar-refractivity contribution is 7.98. The van der Waals surface area contributed by atoms with E-state index in [-0.39, 0.29) is 23.2 Å². The number of methoxy groups -OCH3 is 1. The molecule has 1 saturated heterocycles. The molecule has 1 aromatic rings. The first-order valence-electron chi connectivity index (χ1n) is 7.21. The summed E-state index contributed by atoms with van der Waals surface area (Å²) in [5.41, 5.74) is -0.0543. The van der Waals surface area contributed by atoms with E-state index in [1.807, 2.05) is 13.2 Å². The highest BCUT2D eigenvalue weighted by Gasteiger charge is 2.30. The van der Waals surface area contributed by atoms with Crippen molar-refractivity contribution in [3.05, 3.63) is 27.8 Å². The maximum Gasteiger partial charge on any atom is 0.285 e. The molecule has 0 unspecified atom stereocenters. The number of ether oxygens (including phenoxy) is 1. The van der Waals surface area contributed by atoms with Crippen molar-refractivity contribution in [3.8, 4) is 5.75 Å². The van der Waals surface area contributed by atoms with E-state index in [1.165, 1.54) is 24.9 Å². The van der Waals surface area contributed by atoms with E-state index in [0.29, 0.717) is 12.3 Å². The summed E-state index contributed by atoms with van der Waals surface area (Å²) in [5.74, 6) is 0.152. The molecule has 22 heavy (non-hydrogen) atoms. The summed E-state index contributed by atoms with van der Waals surface area (Å²) in [6.45, 7) is 2.64. The molecule has 1 aliphatic rings. The maximum atomic E-state index is 12.8. The minimum atomic E-state index is -0.519. The van der Waals surface area contributed by atoms with Crippen molar-refractivity contribution >= 4 is 23.4 Å². The number of piperidine rings is 1. The molecule has 1 amide bonds. The number of carbonyl (C=O) groups is 1. The minimum absolute atomic E-state index is 0.112. The van der Waals surface area contributed by atoms with Crippen LogP contribution in [-0.2, 0) is 0 Å². The Hall–Kier alpha value is -1.76. The summed E-state index contributed by atoms with van der Waals surface area (Å²) in [6.07, 6.45) is 4.81. The molecule has 0 aromatic heterocycles. The lowest BCUT2D eigenvalue weighted by molar-refractivity contribution is -0.385. The average molecular weight is 324 g/mol. The first kappa shape index (κ1) is 16.6. The smallest absolute Gasteiger partial charge is 0.285 e. The van der Waals surface area contributed by atoms with Crippen molar-refractivity contribution in [2.45, 2.75) is 37.1 Å². The topological polar surface area (TPSA) is 72.7 Å². The molecule has 0 bridgehead atoms. The number of carbonyl (C=O) groups excluding carboxylic acids is 1. The van der Waals surface area contributed by atoms with Gasteiger partial charge in [0.05, 0.1) is 23.0 Å². The Bertz CT molecular complexity index is 591. The molecule has 120 valence electrons. The van der Waals surface area contributed by atoms with Crippen LogP contribution in [0.3, 0.4) is 0 Å². The summed E-state index contributed by atoms with van der Waals surface area (Å²) >= 11 is 1.40. The molecule has 0 N–H and O–H groups in total. The van der Waals surface area contributed by atoms with E-state index >= 15 is 0 Å². The largest absolute Gasteiger partial charge is 0.495 e. The van der Waals surface area contributed by atoms with Gasteiger partial charge < -0.3 is 9.64 Å². The third kappa shape index (κ3) is 3.19. The van der Waals surface area contributed by atoms with Crippen molar-refractivity contribution in [2.24, 2.45) is 0 Å². The van der Waals surface area contributed by atoms with Crippen LogP contribution in [0.25, 0.3) is 0 Å². The number of rotatable bonds is 4. The number of benzene rings is 1. The molecule has 1 fully saturated rings. The lowest BCUT2D eigenvalue weighted by Crippen LogP contribution is -2.42. The molecule has 7 heteroatoms. The van der Waals surface area contributed by atoms with Gasteiger partial charge in [0.15, 0.2) is 0 Å². The normalized spacial score (nSPS) is 18.1. The molecule has 1 aliphatic heterocycles. The van der Waals surface area contributed by atoms with Gasteiger partial charge in [-0.1, -0.05) is 0 Å². The van der Waals surface area contributed by atoms with Gasteiger partial charge >= 0.3 is 0 Å². The molecule has 2 rings (SSSR count). The number of hydrogen-bond donors (Lipinski definition) is 0. The van der Waals surface area contributed by atoms with Gasteiger partial charge in [0.2, 0.25) is 0 Å². The summed E-state index contributed by atoms with van der Waals surface area (Å²) in [5, 5.41) is 11.3. The molecule has 6 nitrogen and oxygen atoms in total. The van der Waals surface area contributed by atoms with Crippen molar-refractivity contribution in [1.82, 2.24) is 4.90 Å². The average Bonchev–Trinajstić information content (AvgIpc) is 2.53. The van der Waals surface area contributed by atoms with Crippen LogP contribution in [0.15, 0.2) is 17.0 Å². The number of nitro groups is 1. The fourth-order valence-corrected chi connectivity index (χ4v) is 3.32. The first-order valence-corrected chi connectivity index (χ1v) is 8.43. The van der Waals surface area contributed by atoms with Gasteiger partial charge in [-0.3, -0.25) is 14.9 Å². The fourth-order valence-electron chi connectivity index (χ4n) is 2.75.